The molecule has 1 aliphatic rings. The van der Waals surface area contributed by atoms with Crippen molar-refractivity contribution in [1.82, 2.24) is 9.21 Å². The van der Waals surface area contributed by atoms with Crippen LogP contribution in [0.1, 0.15) is 12.0 Å². The number of piperazine rings is 1. The van der Waals surface area contributed by atoms with Crippen molar-refractivity contribution in [3.05, 3.63) is 78.4 Å². The number of carboxylic acids is 1. The lowest BCUT2D eigenvalue weighted by atomic mass is 10.0. The van der Waals surface area contributed by atoms with Gasteiger partial charge in [-0.1, -0.05) is 60.7 Å². The average Bonchev–Trinajstić information content (AvgIpc) is 2.79. The summed E-state index contributed by atoms with van der Waals surface area (Å²) in [7, 11) is -3.62. The van der Waals surface area contributed by atoms with Crippen LogP contribution in [0.4, 0.5) is 0 Å². The van der Waals surface area contributed by atoms with E-state index < -0.39 is 22.0 Å². The Labute approximate surface area is 182 Å². The molecule has 1 saturated heterocycles. The molecule has 4 rings (SSSR count). The summed E-state index contributed by atoms with van der Waals surface area (Å²) in [4.78, 5) is 14.0. The number of fused-ring (bicyclic) bond motifs is 1. The zero-order chi connectivity index (χ0) is 21.8. The maximum absolute atomic E-state index is 13.1. The molecule has 0 radical (unpaired) electrons. The van der Waals surface area contributed by atoms with Gasteiger partial charge in [0.15, 0.2) is 0 Å². The van der Waals surface area contributed by atoms with Gasteiger partial charge in [-0.05, 0) is 41.3 Å². The number of aryl methyl sites for hydroxylation is 1. The maximum atomic E-state index is 13.1. The summed E-state index contributed by atoms with van der Waals surface area (Å²) in [6.45, 7) is 1.37. The molecule has 1 unspecified atom stereocenters. The number of carbonyl (C=O) groups is 1. The first-order valence-corrected chi connectivity index (χ1v) is 11.9. The van der Waals surface area contributed by atoms with Crippen LogP contribution in [-0.4, -0.2) is 60.9 Å². The number of sulfonamides is 1. The molecular weight excluding hydrogens is 412 g/mol. The standard InChI is InChI=1S/C24H26N2O4S/c27-24(28)23(13-10-19-6-2-1-3-7-19)25-14-16-26(17-15-25)31(29,30)22-12-11-20-8-4-5-9-21(20)18-22/h1-9,11-12,18,23H,10,13-17H2,(H,27,28). The first kappa shape index (κ1) is 21.5. The molecule has 1 atom stereocenters. The summed E-state index contributed by atoms with van der Waals surface area (Å²) >= 11 is 0. The Balaban J connectivity index is 1.42. The van der Waals surface area contributed by atoms with E-state index in [0.29, 0.717) is 25.9 Å². The lowest BCUT2D eigenvalue weighted by Gasteiger charge is -2.37. The highest BCUT2D eigenvalue weighted by Crippen LogP contribution is 2.23. The molecule has 0 amide bonds. The van der Waals surface area contributed by atoms with E-state index in [-0.39, 0.29) is 18.0 Å². The van der Waals surface area contributed by atoms with Crippen LogP contribution in [0.3, 0.4) is 0 Å². The monoisotopic (exact) mass is 438 g/mol. The topological polar surface area (TPSA) is 77.9 Å². The molecule has 1 fully saturated rings. The fraction of sp³-hybridized carbons (Fsp3) is 0.292. The van der Waals surface area contributed by atoms with Crippen LogP contribution in [0.15, 0.2) is 77.7 Å². The molecule has 1 N–H and O–H groups in total. The van der Waals surface area contributed by atoms with Crippen molar-refractivity contribution in [1.29, 1.82) is 0 Å². The van der Waals surface area contributed by atoms with Gasteiger partial charge in [-0.3, -0.25) is 9.69 Å². The third-order valence-electron chi connectivity index (χ3n) is 5.91. The molecule has 3 aromatic carbocycles. The van der Waals surface area contributed by atoms with Gasteiger partial charge in [0.05, 0.1) is 4.90 Å². The van der Waals surface area contributed by atoms with E-state index in [0.717, 1.165) is 16.3 Å². The van der Waals surface area contributed by atoms with Crippen molar-refractivity contribution in [3.8, 4) is 0 Å². The summed E-state index contributed by atoms with van der Waals surface area (Å²) < 4.78 is 27.7. The Morgan fingerprint density at radius 1 is 0.871 bits per heavy atom. The molecule has 0 spiro atoms. The smallest absolute Gasteiger partial charge is 0.320 e. The molecule has 1 aliphatic heterocycles. The number of nitrogens with zero attached hydrogens (tertiary/aromatic N) is 2. The van der Waals surface area contributed by atoms with Crippen molar-refractivity contribution in [3.63, 3.8) is 0 Å². The number of aliphatic carboxylic acids is 1. The first-order chi connectivity index (χ1) is 14.9. The predicted octanol–water partition coefficient (Wildman–Crippen LogP) is 3.23. The number of hydrogen-bond donors (Lipinski definition) is 1. The van der Waals surface area contributed by atoms with E-state index in [2.05, 4.69) is 0 Å². The van der Waals surface area contributed by atoms with E-state index in [9.17, 15) is 18.3 Å². The van der Waals surface area contributed by atoms with Crippen molar-refractivity contribution in [2.45, 2.75) is 23.8 Å². The second-order valence-corrected chi connectivity index (χ2v) is 9.77. The Kier molecular flexibility index (Phi) is 6.36. The number of hydrogen-bond acceptors (Lipinski definition) is 4. The van der Waals surface area contributed by atoms with Crippen molar-refractivity contribution in [2.75, 3.05) is 26.2 Å². The summed E-state index contributed by atoms with van der Waals surface area (Å²) in [6.07, 6.45) is 1.17. The fourth-order valence-electron chi connectivity index (χ4n) is 4.14. The zero-order valence-electron chi connectivity index (χ0n) is 17.2. The summed E-state index contributed by atoms with van der Waals surface area (Å²) in [5.41, 5.74) is 1.10. The summed E-state index contributed by atoms with van der Waals surface area (Å²) in [5.74, 6) is -0.859. The Morgan fingerprint density at radius 3 is 2.19 bits per heavy atom. The second kappa shape index (κ2) is 9.18. The Morgan fingerprint density at radius 2 is 1.52 bits per heavy atom. The van der Waals surface area contributed by atoms with Crippen LogP contribution >= 0.6 is 0 Å². The van der Waals surface area contributed by atoms with Crippen molar-refractivity contribution < 1.29 is 18.3 Å². The highest BCUT2D eigenvalue weighted by Gasteiger charge is 2.33. The molecule has 6 nitrogen and oxygen atoms in total. The van der Waals surface area contributed by atoms with E-state index in [1.54, 1.807) is 12.1 Å². The van der Waals surface area contributed by atoms with E-state index in [1.165, 1.54) is 4.31 Å². The molecule has 0 saturated carbocycles. The van der Waals surface area contributed by atoms with Gasteiger partial charge in [0.1, 0.15) is 6.04 Å². The van der Waals surface area contributed by atoms with E-state index in [4.69, 9.17) is 0 Å². The van der Waals surface area contributed by atoms with Gasteiger partial charge in [0.2, 0.25) is 10.0 Å². The number of rotatable bonds is 7. The first-order valence-electron chi connectivity index (χ1n) is 10.4. The third kappa shape index (κ3) is 4.79. The van der Waals surface area contributed by atoms with Crippen molar-refractivity contribution in [2.24, 2.45) is 0 Å². The number of carboxylic acid groups (broad SMARTS) is 1. The second-order valence-electron chi connectivity index (χ2n) is 7.83. The van der Waals surface area contributed by atoms with Crippen LogP contribution in [0.5, 0.6) is 0 Å². The largest absolute Gasteiger partial charge is 0.480 e. The van der Waals surface area contributed by atoms with Gasteiger partial charge in [0.25, 0.3) is 0 Å². The molecule has 162 valence electrons. The minimum Gasteiger partial charge on any atom is -0.480 e. The SMILES string of the molecule is O=C(O)C(CCc1ccccc1)N1CCN(S(=O)(=O)c2ccc3ccccc3c2)CC1. The zero-order valence-corrected chi connectivity index (χ0v) is 18.0. The molecule has 31 heavy (non-hydrogen) atoms. The van der Waals surface area contributed by atoms with Crippen LogP contribution in [0, 0.1) is 0 Å². The molecule has 1 heterocycles. The number of benzene rings is 3. The van der Waals surface area contributed by atoms with Gasteiger partial charge in [-0.15, -0.1) is 0 Å². The lowest BCUT2D eigenvalue weighted by molar-refractivity contribution is -0.144. The highest BCUT2D eigenvalue weighted by atomic mass is 32.2. The van der Waals surface area contributed by atoms with Gasteiger partial charge < -0.3 is 5.11 Å². The van der Waals surface area contributed by atoms with Crippen LogP contribution in [0.25, 0.3) is 10.8 Å². The van der Waals surface area contributed by atoms with E-state index >= 15 is 0 Å². The summed E-state index contributed by atoms with van der Waals surface area (Å²) in [6, 6.07) is 22.0. The molecule has 7 heteroatoms. The van der Waals surface area contributed by atoms with Gasteiger partial charge in [0, 0.05) is 26.2 Å². The Hall–Kier alpha value is -2.74. The highest BCUT2D eigenvalue weighted by molar-refractivity contribution is 7.89. The normalized spacial score (nSPS) is 16.9. The predicted molar refractivity (Wildman–Crippen MR) is 120 cm³/mol. The van der Waals surface area contributed by atoms with Gasteiger partial charge in [-0.2, -0.15) is 4.31 Å². The van der Waals surface area contributed by atoms with E-state index in [1.807, 2.05) is 65.6 Å². The van der Waals surface area contributed by atoms with Gasteiger partial charge >= 0.3 is 5.97 Å². The minimum atomic E-state index is -3.62. The van der Waals surface area contributed by atoms with Crippen molar-refractivity contribution >= 4 is 26.8 Å². The molecule has 0 aliphatic carbocycles. The molecular formula is C24H26N2O4S. The van der Waals surface area contributed by atoms with Crippen LogP contribution < -0.4 is 0 Å². The third-order valence-corrected chi connectivity index (χ3v) is 7.80. The molecule has 3 aromatic rings. The van der Waals surface area contributed by atoms with Gasteiger partial charge in [-0.25, -0.2) is 8.42 Å². The van der Waals surface area contributed by atoms with Crippen LogP contribution in [0.2, 0.25) is 0 Å². The Bertz CT molecular complexity index is 1160. The maximum Gasteiger partial charge on any atom is 0.320 e. The molecule has 0 aromatic heterocycles. The van der Waals surface area contributed by atoms with Crippen LogP contribution in [-0.2, 0) is 21.2 Å². The summed E-state index contributed by atoms with van der Waals surface area (Å²) in [5, 5.41) is 11.6. The lowest BCUT2D eigenvalue weighted by Crippen LogP contribution is -2.54. The quantitative estimate of drug-likeness (QED) is 0.613. The molecule has 0 bridgehead atoms. The minimum absolute atomic E-state index is 0.276. The fourth-order valence-corrected chi connectivity index (χ4v) is 5.60. The average molecular weight is 439 g/mol.